The van der Waals surface area contributed by atoms with Crippen molar-refractivity contribution in [1.82, 2.24) is 0 Å². The van der Waals surface area contributed by atoms with Gasteiger partial charge in [-0.3, -0.25) is 0 Å². The van der Waals surface area contributed by atoms with Crippen molar-refractivity contribution in [1.29, 1.82) is 5.26 Å². The molecule has 0 atom stereocenters. The fraction of sp³-hybridized carbons (Fsp3) is 0.500. The molecule has 1 aromatic carbocycles. The zero-order valence-electron chi connectivity index (χ0n) is 9.65. The molecule has 0 heterocycles. The molecule has 1 aliphatic rings. The van der Waals surface area contributed by atoms with Crippen LogP contribution in [-0.4, -0.2) is 10.5 Å². The van der Waals surface area contributed by atoms with Crippen molar-refractivity contribution in [3.8, 4) is 6.07 Å². The van der Waals surface area contributed by atoms with E-state index in [0.717, 1.165) is 25.0 Å². The molecule has 1 saturated carbocycles. The zero-order chi connectivity index (χ0) is 11.4. The van der Waals surface area contributed by atoms with Crippen molar-refractivity contribution in [2.75, 3.05) is 5.75 Å². The lowest BCUT2D eigenvalue weighted by atomic mass is 9.71. The summed E-state index contributed by atoms with van der Waals surface area (Å²) < 4.78 is -0.0868. The molecule has 84 valence electrons. The van der Waals surface area contributed by atoms with Crippen LogP contribution in [0.4, 0.5) is 0 Å². The summed E-state index contributed by atoms with van der Waals surface area (Å²) in [5, 5.41) is 9.26. The molecular weight excluding hydrogens is 214 g/mol. The van der Waals surface area contributed by atoms with E-state index in [1.165, 1.54) is 5.56 Å². The van der Waals surface area contributed by atoms with Gasteiger partial charge in [0.2, 0.25) is 0 Å². The Morgan fingerprint density at radius 1 is 1.38 bits per heavy atom. The van der Waals surface area contributed by atoms with Crippen LogP contribution in [0.25, 0.3) is 0 Å². The third-order valence-electron chi connectivity index (χ3n) is 3.21. The van der Waals surface area contributed by atoms with Crippen molar-refractivity contribution >= 4 is 11.8 Å². The molecule has 0 spiro atoms. The SMILES string of the molecule is CCCSC1(C#N)CC(c2ccccc2)C1. The Bertz CT molecular complexity index is 373. The smallest absolute Gasteiger partial charge is 0.103 e. The summed E-state index contributed by atoms with van der Waals surface area (Å²) >= 11 is 1.85. The number of nitrogens with zero attached hydrogens (tertiary/aromatic N) is 1. The molecule has 0 saturated heterocycles. The van der Waals surface area contributed by atoms with Crippen LogP contribution < -0.4 is 0 Å². The largest absolute Gasteiger partial charge is 0.197 e. The summed E-state index contributed by atoms with van der Waals surface area (Å²) in [5.74, 6) is 1.71. The third kappa shape index (κ3) is 2.25. The van der Waals surface area contributed by atoms with Gasteiger partial charge in [0.25, 0.3) is 0 Å². The summed E-state index contributed by atoms with van der Waals surface area (Å²) in [7, 11) is 0. The normalized spacial score (nSPS) is 28.1. The van der Waals surface area contributed by atoms with Crippen LogP contribution in [0.5, 0.6) is 0 Å². The maximum atomic E-state index is 9.26. The summed E-state index contributed by atoms with van der Waals surface area (Å²) in [6.07, 6.45) is 3.21. The highest BCUT2D eigenvalue weighted by Crippen LogP contribution is 2.52. The Hall–Kier alpha value is -0.940. The first-order valence-electron chi connectivity index (χ1n) is 5.90. The Morgan fingerprint density at radius 3 is 2.62 bits per heavy atom. The fourth-order valence-electron chi connectivity index (χ4n) is 2.24. The van der Waals surface area contributed by atoms with Gasteiger partial charge in [-0.2, -0.15) is 5.26 Å². The molecule has 2 heteroatoms. The van der Waals surface area contributed by atoms with Gasteiger partial charge in [-0.1, -0.05) is 37.3 Å². The van der Waals surface area contributed by atoms with Gasteiger partial charge in [-0.05, 0) is 36.5 Å². The Balaban J connectivity index is 1.95. The monoisotopic (exact) mass is 231 g/mol. The molecule has 1 nitrogen and oxygen atoms in total. The summed E-state index contributed by atoms with van der Waals surface area (Å²) in [6, 6.07) is 13.1. The number of benzene rings is 1. The molecule has 0 aliphatic heterocycles. The van der Waals surface area contributed by atoms with Gasteiger partial charge in [-0.25, -0.2) is 0 Å². The Morgan fingerprint density at radius 2 is 2.06 bits per heavy atom. The highest BCUT2D eigenvalue weighted by Gasteiger charge is 2.45. The van der Waals surface area contributed by atoms with E-state index in [2.05, 4.69) is 37.3 Å². The number of nitriles is 1. The van der Waals surface area contributed by atoms with E-state index in [1.807, 2.05) is 17.8 Å². The summed E-state index contributed by atoms with van der Waals surface area (Å²) in [5.41, 5.74) is 1.39. The van der Waals surface area contributed by atoms with Crippen molar-refractivity contribution in [2.24, 2.45) is 0 Å². The van der Waals surface area contributed by atoms with E-state index in [0.29, 0.717) is 5.92 Å². The third-order valence-corrected chi connectivity index (χ3v) is 4.80. The predicted octanol–water partition coefficient (Wildman–Crippen LogP) is 3.97. The second-order valence-corrected chi connectivity index (χ2v) is 5.95. The molecule has 1 aliphatic carbocycles. The van der Waals surface area contributed by atoms with Gasteiger partial charge in [0.1, 0.15) is 4.75 Å². The average Bonchev–Trinajstić information content (AvgIpc) is 2.29. The molecule has 16 heavy (non-hydrogen) atoms. The first kappa shape index (κ1) is 11.5. The molecule has 0 bridgehead atoms. The Kier molecular flexibility index (Phi) is 3.56. The second-order valence-electron chi connectivity index (χ2n) is 4.47. The van der Waals surface area contributed by atoms with Gasteiger partial charge in [0, 0.05) is 0 Å². The van der Waals surface area contributed by atoms with Crippen LogP contribution in [0.2, 0.25) is 0 Å². The lowest BCUT2D eigenvalue weighted by Crippen LogP contribution is -2.38. The van der Waals surface area contributed by atoms with Crippen LogP contribution in [0.1, 0.15) is 37.7 Å². The van der Waals surface area contributed by atoms with E-state index >= 15 is 0 Å². The van der Waals surface area contributed by atoms with E-state index in [4.69, 9.17) is 0 Å². The van der Waals surface area contributed by atoms with Crippen LogP contribution >= 0.6 is 11.8 Å². The summed E-state index contributed by atoms with van der Waals surface area (Å²) in [6.45, 7) is 2.17. The molecule has 0 aromatic heterocycles. The number of hydrogen-bond donors (Lipinski definition) is 0. The van der Waals surface area contributed by atoms with Crippen LogP contribution in [0.15, 0.2) is 30.3 Å². The van der Waals surface area contributed by atoms with Gasteiger partial charge in [-0.15, -0.1) is 11.8 Å². The molecule has 0 radical (unpaired) electrons. The molecule has 2 rings (SSSR count). The van der Waals surface area contributed by atoms with Crippen LogP contribution in [0.3, 0.4) is 0 Å². The van der Waals surface area contributed by atoms with Gasteiger partial charge >= 0.3 is 0 Å². The van der Waals surface area contributed by atoms with Crippen LogP contribution in [-0.2, 0) is 0 Å². The second kappa shape index (κ2) is 4.93. The van der Waals surface area contributed by atoms with Crippen molar-refractivity contribution in [3.63, 3.8) is 0 Å². The fourth-order valence-corrected chi connectivity index (χ4v) is 3.53. The van der Waals surface area contributed by atoms with Crippen molar-refractivity contribution < 1.29 is 0 Å². The van der Waals surface area contributed by atoms with Crippen molar-refractivity contribution in [2.45, 2.75) is 36.9 Å². The Labute approximate surface area is 102 Å². The van der Waals surface area contributed by atoms with Crippen LogP contribution in [0, 0.1) is 11.3 Å². The molecule has 1 aromatic rings. The first-order chi connectivity index (χ1) is 7.79. The summed E-state index contributed by atoms with van der Waals surface area (Å²) in [4.78, 5) is 0. The lowest BCUT2D eigenvalue weighted by Gasteiger charge is -2.42. The lowest BCUT2D eigenvalue weighted by molar-refractivity contribution is 0.368. The van der Waals surface area contributed by atoms with Gasteiger partial charge in [0.05, 0.1) is 6.07 Å². The number of rotatable bonds is 4. The van der Waals surface area contributed by atoms with E-state index < -0.39 is 0 Å². The molecule has 0 unspecified atom stereocenters. The number of hydrogen-bond acceptors (Lipinski definition) is 2. The molecule has 0 N–H and O–H groups in total. The first-order valence-corrected chi connectivity index (χ1v) is 6.88. The highest BCUT2D eigenvalue weighted by molar-refractivity contribution is 8.00. The minimum Gasteiger partial charge on any atom is -0.197 e. The minimum absolute atomic E-state index is 0.0868. The van der Waals surface area contributed by atoms with E-state index in [1.54, 1.807) is 0 Å². The maximum Gasteiger partial charge on any atom is 0.103 e. The zero-order valence-corrected chi connectivity index (χ0v) is 10.5. The number of thioether (sulfide) groups is 1. The quantitative estimate of drug-likeness (QED) is 0.783. The highest BCUT2D eigenvalue weighted by atomic mass is 32.2. The minimum atomic E-state index is -0.0868. The standard InChI is InChI=1S/C14H17NS/c1-2-8-16-14(11-15)9-13(10-14)12-6-4-3-5-7-12/h3-7,13H,2,8-10H2,1H3. The average molecular weight is 231 g/mol. The molecule has 1 fully saturated rings. The van der Waals surface area contributed by atoms with Crippen molar-refractivity contribution in [3.05, 3.63) is 35.9 Å². The maximum absolute atomic E-state index is 9.26. The van der Waals surface area contributed by atoms with Gasteiger partial charge < -0.3 is 0 Å². The van der Waals surface area contributed by atoms with Gasteiger partial charge in [0.15, 0.2) is 0 Å². The predicted molar refractivity (Wildman–Crippen MR) is 69.5 cm³/mol. The van der Waals surface area contributed by atoms with E-state index in [-0.39, 0.29) is 4.75 Å². The molecular formula is C14H17NS. The van der Waals surface area contributed by atoms with E-state index in [9.17, 15) is 5.26 Å². The topological polar surface area (TPSA) is 23.8 Å². The molecule has 0 amide bonds.